The molecule has 0 radical (unpaired) electrons. The second-order valence-corrected chi connectivity index (χ2v) is 8.46. The van der Waals surface area contributed by atoms with Gasteiger partial charge in [0, 0.05) is 19.3 Å². The fourth-order valence-corrected chi connectivity index (χ4v) is 3.52. The third kappa shape index (κ3) is 3.31. The molecule has 8 heteroatoms. The summed E-state index contributed by atoms with van der Waals surface area (Å²) >= 11 is 0. The van der Waals surface area contributed by atoms with Gasteiger partial charge in [-0.15, -0.1) is 0 Å². The lowest BCUT2D eigenvalue weighted by Gasteiger charge is -2.21. The van der Waals surface area contributed by atoms with E-state index in [2.05, 4.69) is 0 Å². The molecule has 0 aliphatic heterocycles. The smallest absolute Gasteiger partial charge is 0.224 e. The van der Waals surface area contributed by atoms with Gasteiger partial charge < -0.3 is 0 Å². The molecule has 19 heavy (non-hydrogen) atoms. The van der Waals surface area contributed by atoms with E-state index in [0.717, 1.165) is 28.8 Å². The van der Waals surface area contributed by atoms with Gasteiger partial charge in [0.25, 0.3) is 0 Å². The van der Waals surface area contributed by atoms with Gasteiger partial charge in [0.1, 0.15) is 10.7 Å². The summed E-state index contributed by atoms with van der Waals surface area (Å²) in [7, 11) is -6.34. The van der Waals surface area contributed by atoms with Gasteiger partial charge in [-0.2, -0.15) is 4.31 Å². The molecule has 0 spiro atoms. The fraction of sp³-hybridized carbons (Fsp3) is 0.455. The van der Waals surface area contributed by atoms with E-state index in [1.165, 1.54) is 7.05 Å². The molecule has 0 fully saturated rings. The lowest BCUT2D eigenvalue weighted by molar-refractivity contribution is 0.407. The van der Waals surface area contributed by atoms with Crippen molar-refractivity contribution in [1.82, 2.24) is 4.31 Å². The number of sulfone groups is 1. The zero-order valence-corrected chi connectivity index (χ0v) is 12.7. The van der Waals surface area contributed by atoms with E-state index in [9.17, 15) is 21.2 Å². The number of rotatable bonds is 4. The summed E-state index contributed by atoms with van der Waals surface area (Å²) in [6.07, 6.45) is 0.933. The fourth-order valence-electron chi connectivity index (χ4n) is 1.34. The van der Waals surface area contributed by atoms with Crippen molar-refractivity contribution in [3.05, 3.63) is 24.0 Å². The van der Waals surface area contributed by atoms with E-state index in [1.807, 2.05) is 0 Å². The summed E-state index contributed by atoms with van der Waals surface area (Å²) in [5, 5.41) is 0. The first-order chi connectivity index (χ1) is 8.48. The minimum atomic E-state index is -4.06. The van der Waals surface area contributed by atoms with Crippen LogP contribution in [0.5, 0.6) is 0 Å². The van der Waals surface area contributed by atoms with Crippen molar-refractivity contribution in [2.75, 3.05) is 13.3 Å². The Kier molecular flexibility index (Phi) is 4.38. The van der Waals surface area contributed by atoms with Crippen LogP contribution < -0.4 is 0 Å². The van der Waals surface area contributed by atoms with Crippen molar-refractivity contribution in [1.29, 1.82) is 0 Å². The van der Waals surface area contributed by atoms with E-state index in [0.29, 0.717) is 0 Å². The number of halogens is 1. The Labute approximate surface area is 113 Å². The predicted molar refractivity (Wildman–Crippen MR) is 69.6 cm³/mol. The van der Waals surface area contributed by atoms with Crippen molar-refractivity contribution in [3.63, 3.8) is 0 Å². The first kappa shape index (κ1) is 16.1. The van der Waals surface area contributed by atoms with Gasteiger partial charge >= 0.3 is 0 Å². The van der Waals surface area contributed by atoms with Crippen LogP contribution in [0.4, 0.5) is 4.39 Å². The number of nitrogens with zero attached hydrogens (tertiary/aromatic N) is 1. The topological polar surface area (TPSA) is 71.5 Å². The lowest BCUT2D eigenvalue weighted by atomic mass is 10.3. The predicted octanol–water partition coefficient (Wildman–Crippen LogP) is 1.26. The standard InChI is InChI=1S/C11H16FNO4S2/c1-8(2)13(3)19(16,17)11-7-9(18(4,14)15)5-6-10(11)12/h5-8H,1-4H3. The Morgan fingerprint density at radius 1 is 1.16 bits per heavy atom. The van der Waals surface area contributed by atoms with E-state index in [-0.39, 0.29) is 10.9 Å². The third-order valence-corrected chi connectivity index (χ3v) is 5.87. The van der Waals surface area contributed by atoms with Crippen molar-refractivity contribution < 1.29 is 21.2 Å². The third-order valence-electron chi connectivity index (χ3n) is 2.72. The number of hydrogen-bond acceptors (Lipinski definition) is 4. The Hall–Kier alpha value is -0.990. The van der Waals surface area contributed by atoms with Gasteiger partial charge in [0.15, 0.2) is 9.84 Å². The maximum absolute atomic E-state index is 13.7. The van der Waals surface area contributed by atoms with Crippen LogP contribution in [0.2, 0.25) is 0 Å². The van der Waals surface area contributed by atoms with E-state index >= 15 is 0 Å². The maximum atomic E-state index is 13.7. The quantitative estimate of drug-likeness (QED) is 0.785. The summed E-state index contributed by atoms with van der Waals surface area (Å²) in [6, 6.07) is 2.36. The number of benzene rings is 1. The summed E-state index contributed by atoms with van der Waals surface area (Å²) in [6.45, 7) is 3.27. The molecular weight excluding hydrogens is 293 g/mol. The minimum Gasteiger partial charge on any atom is -0.224 e. The molecule has 0 bridgehead atoms. The van der Waals surface area contributed by atoms with Crippen LogP contribution in [-0.4, -0.2) is 40.5 Å². The average Bonchev–Trinajstić information content (AvgIpc) is 2.26. The van der Waals surface area contributed by atoms with Gasteiger partial charge in [0.2, 0.25) is 10.0 Å². The highest BCUT2D eigenvalue weighted by atomic mass is 32.2. The van der Waals surface area contributed by atoms with Crippen molar-refractivity contribution in [2.45, 2.75) is 29.7 Å². The van der Waals surface area contributed by atoms with Gasteiger partial charge in [-0.25, -0.2) is 21.2 Å². The number of sulfonamides is 1. The van der Waals surface area contributed by atoms with Crippen molar-refractivity contribution >= 4 is 19.9 Å². The second kappa shape index (κ2) is 5.18. The molecule has 1 aromatic carbocycles. The van der Waals surface area contributed by atoms with Crippen LogP contribution in [0, 0.1) is 5.82 Å². The molecule has 0 N–H and O–H groups in total. The molecule has 0 heterocycles. The summed E-state index contributed by atoms with van der Waals surface area (Å²) in [5.74, 6) is -0.972. The Morgan fingerprint density at radius 2 is 1.68 bits per heavy atom. The van der Waals surface area contributed by atoms with Crippen LogP contribution in [-0.2, 0) is 19.9 Å². The second-order valence-electron chi connectivity index (χ2n) is 4.48. The lowest BCUT2D eigenvalue weighted by Crippen LogP contribution is -2.33. The molecule has 0 saturated carbocycles. The largest absolute Gasteiger partial charge is 0.246 e. The highest BCUT2D eigenvalue weighted by Gasteiger charge is 2.27. The molecule has 0 amide bonds. The summed E-state index contributed by atoms with van der Waals surface area (Å²) in [4.78, 5) is -0.865. The first-order valence-electron chi connectivity index (χ1n) is 5.45. The van der Waals surface area contributed by atoms with Gasteiger partial charge in [-0.05, 0) is 32.0 Å². The van der Waals surface area contributed by atoms with Gasteiger partial charge in [0.05, 0.1) is 4.90 Å². The Balaban J connectivity index is 3.52. The van der Waals surface area contributed by atoms with E-state index in [4.69, 9.17) is 0 Å². The molecule has 0 aliphatic rings. The maximum Gasteiger partial charge on any atom is 0.246 e. The molecule has 1 aromatic rings. The minimum absolute atomic E-state index is 0.232. The molecule has 0 aliphatic carbocycles. The van der Waals surface area contributed by atoms with E-state index < -0.39 is 30.6 Å². The zero-order chi connectivity index (χ0) is 15.0. The first-order valence-corrected chi connectivity index (χ1v) is 8.78. The van der Waals surface area contributed by atoms with Crippen LogP contribution >= 0.6 is 0 Å². The molecule has 0 aromatic heterocycles. The average molecular weight is 309 g/mol. The van der Waals surface area contributed by atoms with Crippen LogP contribution in [0.3, 0.4) is 0 Å². The monoisotopic (exact) mass is 309 g/mol. The van der Waals surface area contributed by atoms with Gasteiger partial charge in [-0.1, -0.05) is 0 Å². The molecule has 108 valence electrons. The highest BCUT2D eigenvalue weighted by molar-refractivity contribution is 7.91. The van der Waals surface area contributed by atoms with Crippen LogP contribution in [0.1, 0.15) is 13.8 Å². The molecule has 0 saturated heterocycles. The molecule has 0 unspecified atom stereocenters. The van der Waals surface area contributed by atoms with Gasteiger partial charge in [-0.3, -0.25) is 0 Å². The Bertz CT molecular complexity index is 681. The summed E-state index contributed by atoms with van der Waals surface area (Å²) in [5.41, 5.74) is 0. The summed E-state index contributed by atoms with van der Waals surface area (Å²) < 4.78 is 61.8. The molecule has 0 atom stereocenters. The van der Waals surface area contributed by atoms with E-state index in [1.54, 1.807) is 13.8 Å². The highest BCUT2D eigenvalue weighted by Crippen LogP contribution is 2.23. The van der Waals surface area contributed by atoms with Crippen LogP contribution in [0.15, 0.2) is 28.0 Å². The number of hydrogen-bond donors (Lipinski definition) is 0. The molecular formula is C11H16FNO4S2. The normalized spacial score (nSPS) is 13.2. The SMILES string of the molecule is CC(C)N(C)S(=O)(=O)c1cc(S(C)(=O)=O)ccc1F. The Morgan fingerprint density at radius 3 is 2.11 bits per heavy atom. The van der Waals surface area contributed by atoms with Crippen molar-refractivity contribution in [3.8, 4) is 0 Å². The zero-order valence-electron chi connectivity index (χ0n) is 11.1. The van der Waals surface area contributed by atoms with Crippen molar-refractivity contribution in [2.24, 2.45) is 0 Å². The van der Waals surface area contributed by atoms with Crippen LogP contribution in [0.25, 0.3) is 0 Å². The molecule has 5 nitrogen and oxygen atoms in total. The molecule has 1 rings (SSSR count).